The van der Waals surface area contributed by atoms with E-state index in [1.54, 1.807) is 6.92 Å². The van der Waals surface area contributed by atoms with Crippen LogP contribution in [-0.2, 0) is 42.2 Å². The molecule has 65 valence electrons. The first kappa shape index (κ1) is 17.7. The molecule has 1 unspecified atom stereocenters. The summed E-state index contributed by atoms with van der Waals surface area (Å²) >= 11 is 0. The molecular weight excluding hydrogens is 217 g/mol. The molecule has 2 nitrogen and oxygen atoms in total. The molecular formula is C8H16O2Y-2. The fourth-order valence-corrected chi connectivity index (χ4v) is 0.395. The van der Waals surface area contributed by atoms with Gasteiger partial charge in [0.1, 0.15) is 0 Å². The molecule has 0 aromatic carbocycles. The van der Waals surface area contributed by atoms with E-state index in [0.29, 0.717) is 0 Å². The van der Waals surface area contributed by atoms with E-state index in [2.05, 4.69) is 0 Å². The molecule has 3 heteroatoms. The van der Waals surface area contributed by atoms with Gasteiger partial charge in [0, 0.05) is 39.8 Å². The van der Waals surface area contributed by atoms with Crippen molar-refractivity contribution < 1.29 is 42.2 Å². The molecule has 0 saturated heterocycles. The zero-order valence-corrected chi connectivity index (χ0v) is 10.8. The van der Waals surface area contributed by atoms with Crippen molar-refractivity contribution in [2.24, 2.45) is 5.92 Å². The van der Waals surface area contributed by atoms with Gasteiger partial charge in [0.25, 0.3) is 0 Å². The van der Waals surface area contributed by atoms with Crippen molar-refractivity contribution in [1.82, 2.24) is 0 Å². The fraction of sp³-hybridized carbons (Fsp3) is 0.750. The Balaban J connectivity index is -0.000000320. The Morgan fingerprint density at radius 2 is 1.82 bits per heavy atom. The van der Waals surface area contributed by atoms with Crippen molar-refractivity contribution in [3.05, 3.63) is 7.43 Å². The fourth-order valence-electron chi connectivity index (χ4n) is 0.395. The van der Waals surface area contributed by atoms with Gasteiger partial charge in [-0.2, -0.15) is 0 Å². The summed E-state index contributed by atoms with van der Waals surface area (Å²) < 4.78 is 4.92. The summed E-state index contributed by atoms with van der Waals surface area (Å²) in [5.74, 6) is 0.181. The number of rotatable bonds is 3. The second kappa shape index (κ2) is 7.39. The monoisotopic (exact) mass is 233 g/mol. The Morgan fingerprint density at radius 3 is 1.82 bits per heavy atom. The van der Waals surface area contributed by atoms with E-state index in [4.69, 9.17) is 4.74 Å². The average molecular weight is 233 g/mol. The second-order valence-corrected chi connectivity index (χ2v) is 2.57. The summed E-state index contributed by atoms with van der Waals surface area (Å²) in [5.41, 5.74) is -0.722. The largest absolute Gasteiger partial charge is 0.539 e. The van der Waals surface area contributed by atoms with Crippen LogP contribution < -0.4 is 0 Å². The molecule has 0 aromatic heterocycles. The Kier molecular flexibility index (Phi) is 11.9. The van der Waals surface area contributed by atoms with E-state index >= 15 is 0 Å². The van der Waals surface area contributed by atoms with Gasteiger partial charge in [-0.25, -0.2) is 6.29 Å². The topological polar surface area (TPSA) is 26.3 Å². The Labute approximate surface area is 95.0 Å². The van der Waals surface area contributed by atoms with Crippen LogP contribution in [-0.4, -0.2) is 19.0 Å². The van der Waals surface area contributed by atoms with Crippen molar-refractivity contribution >= 4 is 6.29 Å². The molecule has 1 atom stereocenters. The van der Waals surface area contributed by atoms with Gasteiger partial charge in [-0.1, -0.05) is 20.8 Å². The summed E-state index contributed by atoms with van der Waals surface area (Å²) in [7, 11) is 1.52. The third kappa shape index (κ3) is 5.05. The molecule has 0 amide bonds. The first-order chi connectivity index (χ1) is 4.06. The minimum Gasteiger partial charge on any atom is -0.539 e. The van der Waals surface area contributed by atoms with Crippen LogP contribution >= 0.6 is 0 Å². The van der Waals surface area contributed by atoms with E-state index in [1.807, 2.05) is 20.1 Å². The summed E-state index contributed by atoms with van der Waals surface area (Å²) in [5, 5.41) is 0. The minimum absolute atomic E-state index is 0. The molecule has 0 N–H and O–H groups in total. The van der Waals surface area contributed by atoms with Crippen LogP contribution in [0.2, 0.25) is 0 Å². The number of ether oxygens (including phenoxy) is 1. The van der Waals surface area contributed by atoms with Gasteiger partial charge in [0.2, 0.25) is 0 Å². The van der Waals surface area contributed by atoms with Crippen LogP contribution in [0.3, 0.4) is 0 Å². The quantitative estimate of drug-likeness (QED) is 0.692. The van der Waals surface area contributed by atoms with Crippen LogP contribution in [0.15, 0.2) is 0 Å². The molecule has 0 rings (SSSR count). The van der Waals surface area contributed by atoms with Crippen molar-refractivity contribution in [3.8, 4) is 0 Å². The molecule has 1 radical (unpaired) electrons. The van der Waals surface area contributed by atoms with Gasteiger partial charge in [-0.15, -0.1) is 0 Å². The summed E-state index contributed by atoms with van der Waals surface area (Å²) in [6.45, 7) is 5.58. The van der Waals surface area contributed by atoms with Crippen LogP contribution in [0.25, 0.3) is 0 Å². The number of methoxy groups -OCH3 is 1. The minimum atomic E-state index is -0.722. The molecule has 11 heavy (non-hydrogen) atoms. The number of carbonyl (C=O) groups excluding carboxylic acids is 1. The van der Waals surface area contributed by atoms with Crippen LogP contribution in [0, 0.1) is 13.3 Å². The van der Waals surface area contributed by atoms with Crippen molar-refractivity contribution in [1.29, 1.82) is 0 Å². The molecule has 0 fully saturated rings. The van der Waals surface area contributed by atoms with Gasteiger partial charge in [-0.3, -0.25) is 0 Å². The summed E-state index contributed by atoms with van der Waals surface area (Å²) in [4.78, 5) is 10.2. The van der Waals surface area contributed by atoms with E-state index in [1.165, 1.54) is 7.11 Å². The third-order valence-corrected chi connectivity index (χ3v) is 1.73. The average Bonchev–Trinajstić information content (AvgIpc) is 1.86. The maximum absolute atomic E-state index is 10.2. The van der Waals surface area contributed by atoms with Crippen molar-refractivity contribution in [2.45, 2.75) is 26.4 Å². The molecule has 0 aromatic rings. The Bertz CT molecular complexity index is 104. The molecule has 0 aliphatic carbocycles. The third-order valence-electron chi connectivity index (χ3n) is 1.73. The summed E-state index contributed by atoms with van der Waals surface area (Å²) in [6, 6.07) is 0. The van der Waals surface area contributed by atoms with E-state index in [0.717, 1.165) is 0 Å². The van der Waals surface area contributed by atoms with E-state index in [9.17, 15) is 4.79 Å². The first-order valence-corrected chi connectivity index (χ1v) is 3.01. The van der Waals surface area contributed by atoms with E-state index < -0.39 is 5.60 Å². The maximum atomic E-state index is 10.2. The predicted octanol–water partition coefficient (Wildman–Crippen LogP) is 1.60. The normalized spacial score (nSPS) is 14.3. The molecule has 0 aliphatic rings. The molecule has 0 bridgehead atoms. The van der Waals surface area contributed by atoms with Gasteiger partial charge in [0.15, 0.2) is 0 Å². The van der Waals surface area contributed by atoms with Crippen LogP contribution in [0.1, 0.15) is 20.8 Å². The smallest absolute Gasteiger partial charge is 0.0329 e. The van der Waals surface area contributed by atoms with Crippen LogP contribution in [0.4, 0.5) is 0 Å². The number of hydrogen-bond acceptors (Lipinski definition) is 2. The summed E-state index contributed by atoms with van der Waals surface area (Å²) in [6.07, 6.45) is 1.86. The SMILES string of the molecule is COC(C)([C-]=O)C(C)C.[CH3-].[Y]. The number of hydrogen-bond donors (Lipinski definition) is 0. The van der Waals surface area contributed by atoms with Crippen LogP contribution in [0.5, 0.6) is 0 Å². The molecule has 0 aliphatic heterocycles. The van der Waals surface area contributed by atoms with Gasteiger partial charge in [-0.05, 0) is 11.5 Å². The van der Waals surface area contributed by atoms with Gasteiger partial charge < -0.3 is 17.0 Å². The zero-order chi connectivity index (χ0) is 7.49. The molecule has 0 heterocycles. The maximum Gasteiger partial charge on any atom is 0.0329 e. The van der Waals surface area contributed by atoms with E-state index in [-0.39, 0.29) is 46.1 Å². The molecule has 0 spiro atoms. The first-order valence-electron chi connectivity index (χ1n) is 3.01. The predicted molar refractivity (Wildman–Crippen MR) is 42.4 cm³/mol. The van der Waals surface area contributed by atoms with Gasteiger partial charge in [0.05, 0.1) is 0 Å². The Morgan fingerprint density at radius 1 is 1.45 bits per heavy atom. The van der Waals surface area contributed by atoms with Crippen molar-refractivity contribution in [2.75, 3.05) is 7.11 Å². The molecule has 0 saturated carbocycles. The van der Waals surface area contributed by atoms with Crippen molar-refractivity contribution in [3.63, 3.8) is 0 Å². The second-order valence-electron chi connectivity index (χ2n) is 2.57. The standard InChI is InChI=1S/C7H13O2.CH3.Y/c1-6(2)7(3,5-8)9-4;;/h6H,1-4H3;1H3;/q2*-1;. The Hall–Kier alpha value is 0.734. The van der Waals surface area contributed by atoms with Gasteiger partial charge >= 0.3 is 0 Å². The zero-order valence-electron chi connectivity index (χ0n) is 7.97.